The average Bonchev–Trinajstić information content (AvgIpc) is 3.30. The third kappa shape index (κ3) is 6.30. The van der Waals surface area contributed by atoms with E-state index in [9.17, 15) is 0 Å². The van der Waals surface area contributed by atoms with Gasteiger partial charge in [-0.05, 0) is 45.3 Å². The van der Waals surface area contributed by atoms with E-state index in [1.54, 1.807) is 0 Å². The van der Waals surface area contributed by atoms with Gasteiger partial charge in [0.2, 0.25) is 0 Å². The number of hydrogen-bond donors (Lipinski definition) is 1. The van der Waals surface area contributed by atoms with Crippen LogP contribution in [0.5, 0.6) is 0 Å². The number of nitrogens with zero attached hydrogens (tertiary/aromatic N) is 3. The second-order valence-corrected chi connectivity index (χ2v) is 6.64. The van der Waals surface area contributed by atoms with Crippen molar-refractivity contribution in [2.24, 2.45) is 10.9 Å². The Labute approximate surface area is 158 Å². The van der Waals surface area contributed by atoms with Gasteiger partial charge in [-0.2, -0.15) is 0 Å². The number of rotatable bonds is 6. The van der Waals surface area contributed by atoms with E-state index in [0.29, 0.717) is 6.04 Å². The number of benzene rings is 1. The van der Waals surface area contributed by atoms with Crippen LogP contribution in [0.15, 0.2) is 29.3 Å². The summed E-state index contributed by atoms with van der Waals surface area (Å²) in [7, 11) is 8.29. The van der Waals surface area contributed by atoms with Gasteiger partial charge in [-0.1, -0.05) is 29.8 Å². The van der Waals surface area contributed by atoms with E-state index < -0.39 is 0 Å². The molecule has 0 amide bonds. The van der Waals surface area contributed by atoms with Crippen molar-refractivity contribution in [2.75, 3.05) is 34.7 Å². The lowest BCUT2D eigenvalue weighted by atomic mass is 10.1. The molecule has 1 aromatic carbocycles. The third-order valence-corrected chi connectivity index (χ3v) is 4.41. The number of guanidine groups is 1. The second-order valence-electron chi connectivity index (χ2n) is 6.64. The van der Waals surface area contributed by atoms with Crippen LogP contribution < -0.4 is 5.32 Å². The zero-order valence-corrected chi connectivity index (χ0v) is 17.4. The van der Waals surface area contributed by atoms with Gasteiger partial charge < -0.3 is 15.1 Å². The summed E-state index contributed by atoms with van der Waals surface area (Å²) in [6.07, 6.45) is 2.73. The number of aliphatic imine (C=N–C) groups is 1. The topological polar surface area (TPSA) is 30.9 Å². The molecule has 1 fully saturated rings. The first-order chi connectivity index (χ1) is 10.5. The fourth-order valence-corrected chi connectivity index (χ4v) is 2.87. The molecule has 1 aliphatic rings. The van der Waals surface area contributed by atoms with Gasteiger partial charge in [0, 0.05) is 33.2 Å². The fraction of sp³-hybridized carbons (Fsp3) is 0.611. The summed E-state index contributed by atoms with van der Waals surface area (Å²) >= 11 is 0. The number of aryl methyl sites for hydroxylation is 1. The van der Waals surface area contributed by atoms with E-state index >= 15 is 0 Å². The largest absolute Gasteiger partial charge is 0.355 e. The lowest BCUT2D eigenvalue weighted by molar-refractivity contribution is 0.262. The van der Waals surface area contributed by atoms with Gasteiger partial charge in [-0.25, -0.2) is 0 Å². The highest BCUT2D eigenvalue weighted by Crippen LogP contribution is 2.34. The Balaban J connectivity index is 0.00000264. The molecular formula is C18H31IN4. The van der Waals surface area contributed by atoms with Gasteiger partial charge in [0.25, 0.3) is 0 Å². The molecule has 0 radical (unpaired) electrons. The van der Waals surface area contributed by atoms with Gasteiger partial charge in [-0.15, -0.1) is 24.0 Å². The molecule has 0 bridgehead atoms. The van der Waals surface area contributed by atoms with Crippen LogP contribution in [0.1, 0.15) is 24.0 Å². The minimum absolute atomic E-state index is 0. The van der Waals surface area contributed by atoms with Crippen LogP contribution in [-0.2, 0) is 6.54 Å². The van der Waals surface area contributed by atoms with E-state index in [2.05, 4.69) is 72.4 Å². The zero-order chi connectivity index (χ0) is 16.1. The van der Waals surface area contributed by atoms with E-state index in [-0.39, 0.29) is 24.0 Å². The van der Waals surface area contributed by atoms with E-state index in [1.165, 1.54) is 24.0 Å². The van der Waals surface area contributed by atoms with Crippen LogP contribution in [-0.4, -0.2) is 56.5 Å². The van der Waals surface area contributed by atoms with Crippen molar-refractivity contribution >= 4 is 29.9 Å². The smallest absolute Gasteiger partial charge is 0.193 e. The normalized spacial score (nSPS) is 16.0. The van der Waals surface area contributed by atoms with Crippen LogP contribution in [0.2, 0.25) is 0 Å². The zero-order valence-electron chi connectivity index (χ0n) is 15.0. The molecular weight excluding hydrogens is 399 g/mol. The maximum absolute atomic E-state index is 4.43. The van der Waals surface area contributed by atoms with E-state index in [4.69, 9.17) is 0 Å². The predicted molar refractivity (Wildman–Crippen MR) is 110 cm³/mol. The molecule has 5 heteroatoms. The molecule has 4 nitrogen and oxygen atoms in total. The number of nitrogens with one attached hydrogen (secondary N) is 1. The number of hydrogen-bond acceptors (Lipinski definition) is 2. The lowest BCUT2D eigenvalue weighted by Gasteiger charge is -2.28. The first kappa shape index (κ1) is 20.2. The Kier molecular flexibility index (Phi) is 8.33. The van der Waals surface area contributed by atoms with Crippen LogP contribution in [0.4, 0.5) is 0 Å². The van der Waals surface area contributed by atoms with E-state index in [0.717, 1.165) is 25.0 Å². The van der Waals surface area contributed by atoms with Gasteiger partial charge in [0.15, 0.2) is 5.96 Å². The number of halogens is 1. The SMILES string of the molecule is CN=C(NCC(C1CC1)N(C)C)N(C)Cc1ccc(C)cc1.I. The lowest BCUT2D eigenvalue weighted by Crippen LogP contribution is -2.46. The molecule has 1 N–H and O–H groups in total. The Bertz CT molecular complexity index is 492. The second kappa shape index (κ2) is 9.47. The first-order valence-corrected chi connectivity index (χ1v) is 8.15. The first-order valence-electron chi connectivity index (χ1n) is 8.15. The highest BCUT2D eigenvalue weighted by molar-refractivity contribution is 14.0. The van der Waals surface area contributed by atoms with Crippen molar-refractivity contribution in [1.29, 1.82) is 0 Å². The Morgan fingerprint density at radius 2 is 1.83 bits per heavy atom. The summed E-state index contributed by atoms with van der Waals surface area (Å²) in [5, 5.41) is 3.54. The van der Waals surface area contributed by atoms with Gasteiger partial charge in [0.1, 0.15) is 0 Å². The summed E-state index contributed by atoms with van der Waals surface area (Å²) in [6.45, 7) is 3.95. The highest BCUT2D eigenvalue weighted by Gasteiger charge is 2.32. The molecule has 0 aromatic heterocycles. The van der Waals surface area contributed by atoms with Crippen molar-refractivity contribution in [2.45, 2.75) is 32.4 Å². The average molecular weight is 430 g/mol. The molecule has 1 atom stereocenters. The van der Waals surface area contributed by atoms with Crippen LogP contribution in [0, 0.1) is 12.8 Å². The highest BCUT2D eigenvalue weighted by atomic mass is 127. The van der Waals surface area contributed by atoms with Crippen molar-refractivity contribution in [3.63, 3.8) is 0 Å². The molecule has 1 unspecified atom stereocenters. The monoisotopic (exact) mass is 430 g/mol. The number of likely N-dealkylation sites (N-methyl/N-ethyl adjacent to an activating group) is 1. The summed E-state index contributed by atoms with van der Waals surface area (Å²) < 4.78 is 0. The Hall–Kier alpha value is -0.820. The van der Waals surface area contributed by atoms with Gasteiger partial charge >= 0.3 is 0 Å². The molecule has 0 spiro atoms. The molecule has 1 aliphatic carbocycles. The molecule has 23 heavy (non-hydrogen) atoms. The van der Waals surface area contributed by atoms with Crippen LogP contribution in [0.3, 0.4) is 0 Å². The summed E-state index contributed by atoms with van der Waals surface area (Å²) in [4.78, 5) is 8.94. The standard InChI is InChI=1S/C18H30N4.HI/c1-14-6-8-15(9-7-14)13-22(5)18(19-2)20-12-17(21(3)4)16-10-11-16;/h6-9,16-17H,10-13H2,1-5H3,(H,19,20);1H. The molecule has 1 aromatic rings. The predicted octanol–water partition coefficient (Wildman–Crippen LogP) is 2.96. The minimum atomic E-state index is 0. The van der Waals surface area contributed by atoms with Crippen molar-refractivity contribution in [3.05, 3.63) is 35.4 Å². The van der Waals surface area contributed by atoms with Crippen molar-refractivity contribution < 1.29 is 0 Å². The molecule has 2 rings (SSSR count). The molecule has 130 valence electrons. The summed E-state index contributed by atoms with van der Waals surface area (Å²) in [5.74, 6) is 1.82. The summed E-state index contributed by atoms with van der Waals surface area (Å²) in [5.41, 5.74) is 2.61. The van der Waals surface area contributed by atoms with Crippen molar-refractivity contribution in [3.8, 4) is 0 Å². The van der Waals surface area contributed by atoms with Crippen LogP contribution >= 0.6 is 24.0 Å². The van der Waals surface area contributed by atoms with Crippen molar-refractivity contribution in [1.82, 2.24) is 15.1 Å². The maximum atomic E-state index is 4.43. The molecule has 0 heterocycles. The summed E-state index contributed by atoms with van der Waals surface area (Å²) in [6, 6.07) is 9.30. The minimum Gasteiger partial charge on any atom is -0.355 e. The maximum Gasteiger partial charge on any atom is 0.193 e. The van der Waals surface area contributed by atoms with Gasteiger partial charge in [0.05, 0.1) is 0 Å². The van der Waals surface area contributed by atoms with Crippen LogP contribution in [0.25, 0.3) is 0 Å². The Morgan fingerprint density at radius 3 is 2.30 bits per heavy atom. The van der Waals surface area contributed by atoms with Gasteiger partial charge in [-0.3, -0.25) is 4.99 Å². The van der Waals surface area contributed by atoms with E-state index in [1.807, 2.05) is 7.05 Å². The Morgan fingerprint density at radius 1 is 1.22 bits per heavy atom. The third-order valence-electron chi connectivity index (χ3n) is 4.41. The fourth-order valence-electron chi connectivity index (χ4n) is 2.87. The molecule has 0 saturated heterocycles. The molecule has 0 aliphatic heterocycles. The molecule has 1 saturated carbocycles. The quantitative estimate of drug-likeness (QED) is 0.428.